The molecule has 5 heteroatoms. The Balaban J connectivity index is 3.02. The van der Waals surface area contributed by atoms with Crippen molar-refractivity contribution >= 4 is 14.0 Å². The first-order valence-electron chi connectivity index (χ1n) is 7.91. The summed E-state index contributed by atoms with van der Waals surface area (Å²) in [5, 5.41) is 20.5. The Morgan fingerprint density at radius 1 is 1.27 bits per heavy atom. The lowest BCUT2D eigenvalue weighted by atomic mass is 10.0. The molecule has 1 aromatic rings. The number of hydrogen-bond donors (Lipinski definition) is 3. The van der Waals surface area contributed by atoms with Gasteiger partial charge in [0.1, 0.15) is 5.75 Å². The van der Waals surface area contributed by atoms with E-state index in [4.69, 9.17) is 10.2 Å². The molecule has 0 aliphatic rings. The fourth-order valence-corrected chi connectivity index (χ4v) is 3.42. The molecule has 0 heterocycles. The van der Waals surface area contributed by atoms with Crippen molar-refractivity contribution in [2.45, 2.75) is 70.9 Å². The van der Waals surface area contributed by atoms with Gasteiger partial charge in [-0.1, -0.05) is 39.8 Å². The standard InChI is InChI=1S/C17H31NO3Si/c1-7-14(19)15(21-22(5,6)17(2,3)4)11-12-9-8-10-13(18)16(12)20/h8-10,14-15,19-20H,7,11,18H2,1-6H3/t14-,15-/m0/s1. The molecule has 4 nitrogen and oxygen atoms in total. The van der Waals surface area contributed by atoms with E-state index in [0.717, 1.165) is 5.56 Å². The molecule has 0 aliphatic carbocycles. The van der Waals surface area contributed by atoms with E-state index >= 15 is 0 Å². The smallest absolute Gasteiger partial charge is 0.192 e. The second kappa shape index (κ2) is 7.02. The molecular formula is C17H31NO3Si. The number of benzene rings is 1. The lowest BCUT2D eigenvalue weighted by Gasteiger charge is -2.40. The minimum atomic E-state index is -2.00. The molecule has 0 spiro atoms. The quantitative estimate of drug-likeness (QED) is 0.424. The summed E-state index contributed by atoms with van der Waals surface area (Å²) in [6.45, 7) is 12.8. The van der Waals surface area contributed by atoms with Gasteiger partial charge < -0.3 is 20.4 Å². The largest absolute Gasteiger partial charge is 0.506 e. The first kappa shape index (κ1) is 19.0. The van der Waals surface area contributed by atoms with Crippen LogP contribution in [0.15, 0.2) is 18.2 Å². The maximum Gasteiger partial charge on any atom is 0.192 e. The average Bonchev–Trinajstić information content (AvgIpc) is 2.40. The summed E-state index contributed by atoms with van der Waals surface area (Å²) in [4.78, 5) is 0. The molecule has 126 valence electrons. The van der Waals surface area contributed by atoms with Crippen LogP contribution in [0.4, 0.5) is 5.69 Å². The predicted molar refractivity (Wildman–Crippen MR) is 94.6 cm³/mol. The van der Waals surface area contributed by atoms with Crippen LogP contribution in [0, 0.1) is 0 Å². The molecule has 0 aliphatic heterocycles. The Bertz CT molecular complexity index is 497. The van der Waals surface area contributed by atoms with Gasteiger partial charge in [0.25, 0.3) is 0 Å². The van der Waals surface area contributed by atoms with Gasteiger partial charge in [-0.15, -0.1) is 0 Å². The zero-order valence-corrected chi connectivity index (χ0v) is 15.7. The summed E-state index contributed by atoms with van der Waals surface area (Å²) >= 11 is 0. The fraction of sp³-hybridized carbons (Fsp3) is 0.647. The molecule has 0 saturated carbocycles. The Labute approximate surface area is 135 Å². The third-order valence-electron chi connectivity index (χ3n) is 4.67. The number of nitrogens with two attached hydrogens (primary N) is 1. The van der Waals surface area contributed by atoms with Crippen LogP contribution >= 0.6 is 0 Å². The van der Waals surface area contributed by atoms with Crippen molar-refractivity contribution in [2.24, 2.45) is 0 Å². The number of para-hydroxylation sites is 1. The van der Waals surface area contributed by atoms with Crippen molar-refractivity contribution in [1.82, 2.24) is 0 Å². The van der Waals surface area contributed by atoms with Crippen LogP contribution in [0.3, 0.4) is 0 Å². The molecule has 0 fully saturated rings. The topological polar surface area (TPSA) is 75.7 Å². The van der Waals surface area contributed by atoms with Gasteiger partial charge in [-0.2, -0.15) is 0 Å². The minimum Gasteiger partial charge on any atom is -0.506 e. The third-order valence-corrected chi connectivity index (χ3v) is 9.18. The van der Waals surface area contributed by atoms with Crippen molar-refractivity contribution < 1.29 is 14.6 Å². The molecule has 0 unspecified atom stereocenters. The first-order valence-corrected chi connectivity index (χ1v) is 10.8. The maximum absolute atomic E-state index is 10.4. The van der Waals surface area contributed by atoms with Crippen LogP contribution in [-0.2, 0) is 10.8 Å². The second-order valence-corrected chi connectivity index (χ2v) is 12.2. The van der Waals surface area contributed by atoms with E-state index in [1.807, 2.05) is 19.1 Å². The second-order valence-electron chi connectivity index (χ2n) is 7.45. The Hall–Kier alpha value is -1.04. The van der Waals surface area contributed by atoms with E-state index in [-0.39, 0.29) is 16.9 Å². The Morgan fingerprint density at radius 2 is 1.86 bits per heavy atom. The monoisotopic (exact) mass is 325 g/mol. The number of anilines is 1. The Kier molecular flexibility index (Phi) is 6.07. The van der Waals surface area contributed by atoms with Crippen LogP contribution in [0.25, 0.3) is 0 Å². The van der Waals surface area contributed by atoms with Gasteiger partial charge in [0.2, 0.25) is 0 Å². The lowest BCUT2D eigenvalue weighted by Crippen LogP contribution is -2.47. The highest BCUT2D eigenvalue weighted by molar-refractivity contribution is 6.74. The summed E-state index contributed by atoms with van der Waals surface area (Å²) < 4.78 is 6.39. The predicted octanol–water partition coefficient (Wildman–Crippen LogP) is 3.68. The van der Waals surface area contributed by atoms with E-state index in [0.29, 0.717) is 18.5 Å². The number of aliphatic hydroxyl groups is 1. The van der Waals surface area contributed by atoms with Gasteiger partial charge in [-0.05, 0) is 36.2 Å². The molecule has 1 aromatic carbocycles. The van der Waals surface area contributed by atoms with E-state index in [1.165, 1.54) is 0 Å². The molecule has 0 bridgehead atoms. The zero-order valence-electron chi connectivity index (χ0n) is 14.7. The van der Waals surface area contributed by atoms with Gasteiger partial charge in [0.05, 0.1) is 17.9 Å². The summed E-state index contributed by atoms with van der Waals surface area (Å²) in [6.07, 6.45) is 0.175. The van der Waals surface area contributed by atoms with Crippen LogP contribution in [0.1, 0.15) is 39.7 Å². The number of phenols is 1. The molecular weight excluding hydrogens is 294 g/mol. The van der Waals surface area contributed by atoms with Crippen LogP contribution in [0.2, 0.25) is 18.1 Å². The highest BCUT2D eigenvalue weighted by atomic mass is 28.4. The molecule has 0 amide bonds. The van der Waals surface area contributed by atoms with Crippen LogP contribution in [-0.4, -0.2) is 30.7 Å². The van der Waals surface area contributed by atoms with Crippen molar-refractivity contribution in [3.8, 4) is 5.75 Å². The molecule has 0 saturated heterocycles. The van der Waals surface area contributed by atoms with Gasteiger partial charge in [0, 0.05) is 6.42 Å². The number of aromatic hydroxyl groups is 1. The van der Waals surface area contributed by atoms with Gasteiger partial charge in [-0.3, -0.25) is 0 Å². The molecule has 2 atom stereocenters. The summed E-state index contributed by atoms with van der Waals surface area (Å²) in [5.41, 5.74) is 6.83. The normalized spacial score (nSPS) is 15.6. The first-order chi connectivity index (χ1) is 9.99. The highest BCUT2D eigenvalue weighted by Crippen LogP contribution is 2.38. The fourth-order valence-electron chi connectivity index (χ4n) is 2.07. The SMILES string of the molecule is CC[C@H](O)[C@H](Cc1cccc(N)c1O)O[Si](C)(C)C(C)(C)C. The summed E-state index contributed by atoms with van der Waals surface area (Å²) in [7, 11) is -2.00. The highest BCUT2D eigenvalue weighted by Gasteiger charge is 2.40. The van der Waals surface area contributed by atoms with Crippen LogP contribution < -0.4 is 5.73 Å². The van der Waals surface area contributed by atoms with Crippen molar-refractivity contribution in [3.63, 3.8) is 0 Å². The Morgan fingerprint density at radius 3 is 2.36 bits per heavy atom. The van der Waals surface area contributed by atoms with Gasteiger partial charge in [-0.25, -0.2) is 0 Å². The number of nitrogen functional groups attached to an aromatic ring is 1. The molecule has 22 heavy (non-hydrogen) atoms. The summed E-state index contributed by atoms with van der Waals surface area (Å²) in [5.74, 6) is 0.0923. The minimum absolute atomic E-state index is 0.0659. The zero-order chi connectivity index (χ0) is 17.1. The number of phenolic OH excluding ortho intramolecular Hbond substituents is 1. The maximum atomic E-state index is 10.4. The lowest BCUT2D eigenvalue weighted by molar-refractivity contribution is 0.0255. The molecule has 1 rings (SSSR count). The van der Waals surface area contributed by atoms with Gasteiger partial charge in [0.15, 0.2) is 8.32 Å². The van der Waals surface area contributed by atoms with E-state index in [9.17, 15) is 10.2 Å². The molecule has 0 aromatic heterocycles. The number of aliphatic hydroxyl groups excluding tert-OH is 1. The van der Waals surface area contributed by atoms with Crippen molar-refractivity contribution in [3.05, 3.63) is 23.8 Å². The van der Waals surface area contributed by atoms with Crippen molar-refractivity contribution in [1.29, 1.82) is 0 Å². The number of rotatable bonds is 6. The van der Waals surface area contributed by atoms with E-state index < -0.39 is 14.4 Å². The van der Waals surface area contributed by atoms with Crippen molar-refractivity contribution in [2.75, 3.05) is 5.73 Å². The molecule has 4 N–H and O–H groups in total. The summed E-state index contributed by atoms with van der Waals surface area (Å²) in [6, 6.07) is 5.31. The average molecular weight is 326 g/mol. The third kappa shape index (κ3) is 4.48. The van der Waals surface area contributed by atoms with E-state index in [2.05, 4.69) is 33.9 Å². The van der Waals surface area contributed by atoms with Crippen LogP contribution in [0.5, 0.6) is 5.75 Å². The number of hydrogen-bond acceptors (Lipinski definition) is 4. The molecule has 0 radical (unpaired) electrons. The van der Waals surface area contributed by atoms with Gasteiger partial charge >= 0.3 is 0 Å². The van der Waals surface area contributed by atoms with E-state index in [1.54, 1.807) is 6.07 Å².